The summed E-state index contributed by atoms with van der Waals surface area (Å²) in [6.07, 6.45) is 2.53. The minimum Gasteiger partial charge on any atom is -0.444 e. The molecule has 6 nitrogen and oxygen atoms in total. The van der Waals surface area contributed by atoms with Gasteiger partial charge in [0.05, 0.1) is 17.2 Å². The smallest absolute Gasteiger partial charge is 0.410 e. The number of aromatic nitrogens is 1. The third-order valence-corrected chi connectivity index (χ3v) is 5.28. The topological polar surface area (TPSA) is 75.5 Å². The van der Waals surface area contributed by atoms with E-state index in [4.69, 9.17) is 14.5 Å². The second kappa shape index (κ2) is 6.49. The highest BCUT2D eigenvalue weighted by molar-refractivity contribution is 5.68. The van der Waals surface area contributed by atoms with Gasteiger partial charge in [-0.25, -0.2) is 4.79 Å². The molecule has 146 valence electrons. The number of nitrogens with zero attached hydrogens (tertiary/aromatic N) is 3. The SMILES string of the molecule is Cc1cnc2c(c1)C(C(C)(C)C#N)OC21CCN(C(=O)OC(C)(C)C)CC1. The fourth-order valence-corrected chi connectivity index (χ4v) is 3.84. The van der Waals surface area contributed by atoms with Crippen molar-refractivity contribution in [2.75, 3.05) is 13.1 Å². The minimum absolute atomic E-state index is 0.290. The predicted molar refractivity (Wildman–Crippen MR) is 101 cm³/mol. The van der Waals surface area contributed by atoms with E-state index in [1.807, 2.05) is 47.7 Å². The van der Waals surface area contributed by atoms with Crippen LogP contribution in [0, 0.1) is 23.7 Å². The predicted octanol–water partition coefficient (Wildman–Crippen LogP) is 4.24. The first-order valence-electron chi connectivity index (χ1n) is 9.51. The first kappa shape index (κ1) is 19.6. The van der Waals surface area contributed by atoms with Crippen molar-refractivity contribution in [1.82, 2.24) is 9.88 Å². The van der Waals surface area contributed by atoms with Crippen molar-refractivity contribution in [2.24, 2.45) is 5.41 Å². The van der Waals surface area contributed by atoms with Crippen LogP contribution in [0.3, 0.4) is 0 Å². The molecule has 1 amide bonds. The number of rotatable bonds is 1. The zero-order valence-corrected chi connectivity index (χ0v) is 17.1. The Hall–Kier alpha value is -2.13. The highest BCUT2D eigenvalue weighted by Gasteiger charge is 2.52. The summed E-state index contributed by atoms with van der Waals surface area (Å²) in [6, 6.07) is 4.47. The van der Waals surface area contributed by atoms with Crippen LogP contribution >= 0.6 is 0 Å². The van der Waals surface area contributed by atoms with Crippen LogP contribution in [0.4, 0.5) is 4.79 Å². The summed E-state index contributed by atoms with van der Waals surface area (Å²) in [5, 5.41) is 9.64. The molecule has 2 aliphatic rings. The molecular weight excluding hydrogens is 342 g/mol. The van der Waals surface area contributed by atoms with Crippen LogP contribution in [0.2, 0.25) is 0 Å². The second-order valence-electron chi connectivity index (χ2n) is 9.24. The highest BCUT2D eigenvalue weighted by Crippen LogP contribution is 2.53. The van der Waals surface area contributed by atoms with Crippen molar-refractivity contribution in [3.8, 4) is 6.07 Å². The lowest BCUT2D eigenvalue weighted by molar-refractivity contribution is -0.134. The number of pyridine rings is 1. The fraction of sp³-hybridized carbons (Fsp3) is 0.667. The largest absolute Gasteiger partial charge is 0.444 e. The first-order valence-corrected chi connectivity index (χ1v) is 9.51. The van der Waals surface area contributed by atoms with Gasteiger partial charge >= 0.3 is 6.09 Å². The maximum absolute atomic E-state index is 12.4. The zero-order valence-electron chi connectivity index (χ0n) is 17.1. The van der Waals surface area contributed by atoms with Gasteiger partial charge in [0.25, 0.3) is 0 Å². The Kier molecular flexibility index (Phi) is 4.72. The van der Waals surface area contributed by atoms with Crippen LogP contribution in [0.25, 0.3) is 0 Å². The molecule has 1 fully saturated rings. The number of aryl methyl sites for hydroxylation is 1. The molecule has 0 radical (unpaired) electrons. The van der Waals surface area contributed by atoms with Gasteiger partial charge in [-0.15, -0.1) is 0 Å². The van der Waals surface area contributed by atoms with Gasteiger partial charge in [0.15, 0.2) is 0 Å². The Morgan fingerprint density at radius 1 is 1.33 bits per heavy atom. The van der Waals surface area contributed by atoms with Crippen LogP contribution in [-0.4, -0.2) is 34.7 Å². The Morgan fingerprint density at radius 3 is 2.52 bits per heavy atom. The quantitative estimate of drug-likeness (QED) is 0.738. The highest BCUT2D eigenvalue weighted by atomic mass is 16.6. The van der Waals surface area contributed by atoms with Gasteiger partial charge in [-0.3, -0.25) is 4.98 Å². The standard InChI is InChI=1S/C21H29N3O3/c1-14-11-15-16(23-12-14)21(26-17(15)20(5,6)13-22)7-9-24(10-8-21)18(25)27-19(2,3)4/h11-12,17H,7-10H2,1-6H3. The third kappa shape index (κ3) is 3.66. The van der Waals surface area contributed by atoms with Gasteiger partial charge in [-0.2, -0.15) is 5.26 Å². The fourth-order valence-electron chi connectivity index (χ4n) is 3.84. The number of ether oxygens (including phenoxy) is 2. The molecule has 1 atom stereocenters. The molecule has 6 heteroatoms. The molecule has 1 aromatic rings. The molecule has 1 aromatic heterocycles. The van der Waals surface area contributed by atoms with E-state index < -0.39 is 16.6 Å². The average Bonchev–Trinajstić information content (AvgIpc) is 2.88. The Labute approximate surface area is 161 Å². The number of likely N-dealkylation sites (tertiary alicyclic amines) is 1. The van der Waals surface area contributed by atoms with Gasteiger partial charge in [-0.05, 0) is 66.0 Å². The summed E-state index contributed by atoms with van der Waals surface area (Å²) in [5.74, 6) is 0. The zero-order chi connectivity index (χ0) is 20.0. The van der Waals surface area contributed by atoms with Crippen LogP contribution < -0.4 is 0 Å². The monoisotopic (exact) mass is 371 g/mol. The van der Waals surface area contributed by atoms with E-state index in [1.54, 1.807) is 4.90 Å². The number of fused-ring (bicyclic) bond motifs is 2. The van der Waals surface area contributed by atoms with Crippen molar-refractivity contribution in [1.29, 1.82) is 5.26 Å². The number of carbonyl (C=O) groups is 1. The summed E-state index contributed by atoms with van der Waals surface area (Å²) in [4.78, 5) is 18.8. The summed E-state index contributed by atoms with van der Waals surface area (Å²) >= 11 is 0. The Morgan fingerprint density at radius 2 is 1.96 bits per heavy atom. The van der Waals surface area contributed by atoms with E-state index >= 15 is 0 Å². The van der Waals surface area contributed by atoms with E-state index in [1.165, 1.54) is 0 Å². The molecule has 0 N–H and O–H groups in total. The molecule has 0 aliphatic carbocycles. The molecule has 1 spiro atoms. The van der Waals surface area contributed by atoms with Gasteiger partial charge in [-0.1, -0.05) is 0 Å². The molecule has 1 unspecified atom stereocenters. The lowest BCUT2D eigenvalue weighted by atomic mass is 9.82. The van der Waals surface area contributed by atoms with E-state index in [0.717, 1.165) is 16.8 Å². The normalized spacial score (nSPS) is 21.7. The van der Waals surface area contributed by atoms with Gasteiger partial charge in [0.1, 0.15) is 17.3 Å². The van der Waals surface area contributed by atoms with Crippen molar-refractivity contribution in [3.05, 3.63) is 29.1 Å². The molecule has 0 saturated carbocycles. The van der Waals surface area contributed by atoms with Crippen LogP contribution in [0.1, 0.15) is 70.4 Å². The summed E-state index contributed by atoms with van der Waals surface area (Å²) in [5.41, 5.74) is 1.27. The molecule has 27 heavy (non-hydrogen) atoms. The number of nitriles is 1. The van der Waals surface area contributed by atoms with Crippen LogP contribution in [0.15, 0.2) is 12.3 Å². The van der Waals surface area contributed by atoms with Gasteiger partial charge in [0.2, 0.25) is 0 Å². The lowest BCUT2D eigenvalue weighted by Crippen LogP contribution is -2.47. The van der Waals surface area contributed by atoms with Gasteiger partial charge < -0.3 is 14.4 Å². The number of hydrogen-bond donors (Lipinski definition) is 0. The van der Waals surface area contributed by atoms with Crippen LogP contribution in [0.5, 0.6) is 0 Å². The average molecular weight is 371 g/mol. The number of carbonyl (C=O) groups excluding carboxylic acids is 1. The molecule has 2 aliphatic heterocycles. The Bertz CT molecular complexity index is 781. The van der Waals surface area contributed by atoms with E-state index in [-0.39, 0.29) is 12.2 Å². The molecule has 0 bridgehead atoms. The van der Waals surface area contributed by atoms with Crippen molar-refractivity contribution in [3.63, 3.8) is 0 Å². The van der Waals surface area contributed by atoms with E-state index in [2.05, 4.69) is 12.1 Å². The maximum Gasteiger partial charge on any atom is 0.410 e. The lowest BCUT2D eigenvalue weighted by Gasteiger charge is -2.40. The van der Waals surface area contributed by atoms with Crippen LogP contribution in [-0.2, 0) is 15.1 Å². The molecule has 0 aromatic carbocycles. The third-order valence-electron chi connectivity index (χ3n) is 5.28. The number of amides is 1. The second-order valence-corrected chi connectivity index (χ2v) is 9.24. The Balaban J connectivity index is 1.85. The van der Waals surface area contributed by atoms with Crippen molar-refractivity contribution < 1.29 is 14.3 Å². The van der Waals surface area contributed by atoms with E-state index in [9.17, 15) is 10.1 Å². The van der Waals surface area contributed by atoms with Crippen molar-refractivity contribution >= 4 is 6.09 Å². The first-order chi connectivity index (χ1) is 12.5. The maximum atomic E-state index is 12.4. The molecule has 3 rings (SSSR count). The van der Waals surface area contributed by atoms with E-state index in [0.29, 0.717) is 25.9 Å². The molecular formula is C21H29N3O3. The minimum atomic E-state index is -0.657. The molecule has 3 heterocycles. The molecule has 1 saturated heterocycles. The summed E-state index contributed by atoms with van der Waals surface area (Å²) in [6.45, 7) is 12.5. The number of hydrogen-bond acceptors (Lipinski definition) is 5. The van der Waals surface area contributed by atoms with Crippen molar-refractivity contribution in [2.45, 2.75) is 71.7 Å². The number of piperidine rings is 1. The summed E-state index contributed by atoms with van der Waals surface area (Å²) in [7, 11) is 0. The summed E-state index contributed by atoms with van der Waals surface area (Å²) < 4.78 is 12.0. The van der Waals surface area contributed by atoms with Gasteiger partial charge in [0, 0.05) is 24.8 Å².